The third kappa shape index (κ3) is 3.49. The molecule has 0 aliphatic carbocycles. The van der Waals surface area contributed by atoms with Crippen molar-refractivity contribution in [3.05, 3.63) is 24.0 Å². The van der Waals surface area contributed by atoms with Crippen LogP contribution in [0.2, 0.25) is 0 Å². The molecule has 0 bridgehead atoms. The molecule has 0 amide bonds. The Bertz CT molecular complexity index is 315. The third-order valence-corrected chi connectivity index (χ3v) is 2.85. The number of ether oxygens (including phenoxy) is 1. The Kier molecular flexibility index (Phi) is 5.26. The summed E-state index contributed by atoms with van der Waals surface area (Å²) in [7, 11) is 0. The van der Waals surface area contributed by atoms with Crippen LogP contribution >= 0.6 is 0 Å². The Hall–Kier alpha value is -1.09. The number of hydrogen-bond donors (Lipinski definition) is 1. The van der Waals surface area contributed by atoms with Crippen LogP contribution in [0.3, 0.4) is 0 Å². The molecule has 0 aliphatic heterocycles. The molecule has 1 heterocycles. The van der Waals surface area contributed by atoms with Gasteiger partial charge in [-0.05, 0) is 37.9 Å². The highest BCUT2D eigenvalue weighted by atomic mass is 16.5. The van der Waals surface area contributed by atoms with E-state index in [9.17, 15) is 0 Å². The van der Waals surface area contributed by atoms with E-state index >= 15 is 0 Å². The van der Waals surface area contributed by atoms with Gasteiger partial charge >= 0.3 is 0 Å². The molecule has 0 fully saturated rings. The summed E-state index contributed by atoms with van der Waals surface area (Å²) in [6, 6.07) is 2.53. The highest BCUT2D eigenvalue weighted by Gasteiger charge is 2.14. The first-order valence-electron chi connectivity index (χ1n) is 6.00. The summed E-state index contributed by atoms with van der Waals surface area (Å²) in [5.41, 5.74) is 1.22. The van der Waals surface area contributed by atoms with Crippen LogP contribution in [0, 0.1) is 0 Å². The Balaban J connectivity index is 2.74. The zero-order valence-electron chi connectivity index (χ0n) is 10.7. The molecule has 1 N–H and O–H groups in total. The highest BCUT2D eigenvalue weighted by molar-refractivity contribution is 5.26. The average molecular weight is 222 g/mol. The van der Waals surface area contributed by atoms with Crippen molar-refractivity contribution >= 4 is 0 Å². The van der Waals surface area contributed by atoms with Crippen LogP contribution in [0.1, 0.15) is 39.2 Å². The van der Waals surface area contributed by atoms with Crippen molar-refractivity contribution in [1.29, 1.82) is 0 Å². The van der Waals surface area contributed by atoms with Crippen LogP contribution in [0.15, 0.2) is 18.5 Å². The van der Waals surface area contributed by atoms with E-state index in [1.807, 2.05) is 13.1 Å². The van der Waals surface area contributed by atoms with E-state index in [2.05, 4.69) is 37.1 Å². The second-order valence-corrected chi connectivity index (χ2v) is 4.02. The van der Waals surface area contributed by atoms with E-state index in [4.69, 9.17) is 4.74 Å². The quantitative estimate of drug-likeness (QED) is 0.803. The normalized spacial score (nSPS) is 14.5. The Morgan fingerprint density at radius 2 is 2.06 bits per heavy atom. The van der Waals surface area contributed by atoms with E-state index in [0.717, 1.165) is 12.3 Å². The SMILES string of the molecule is CCNC(C)C(C)c1cncc(OCC)c1. The van der Waals surface area contributed by atoms with Crippen molar-refractivity contribution in [3.8, 4) is 5.75 Å². The Labute approximate surface area is 98.2 Å². The molecule has 1 aromatic heterocycles. The molecule has 90 valence electrons. The van der Waals surface area contributed by atoms with Crippen LogP contribution < -0.4 is 10.1 Å². The number of aromatic nitrogens is 1. The molecular formula is C13H22N2O. The van der Waals surface area contributed by atoms with Crippen LogP contribution in [0.25, 0.3) is 0 Å². The van der Waals surface area contributed by atoms with Gasteiger partial charge in [0.1, 0.15) is 5.75 Å². The number of pyridine rings is 1. The lowest BCUT2D eigenvalue weighted by atomic mass is 9.96. The molecule has 1 rings (SSSR count). The summed E-state index contributed by atoms with van der Waals surface area (Å²) < 4.78 is 5.45. The molecule has 3 heteroatoms. The fraction of sp³-hybridized carbons (Fsp3) is 0.615. The molecule has 0 spiro atoms. The van der Waals surface area contributed by atoms with Gasteiger partial charge in [-0.2, -0.15) is 0 Å². The maximum atomic E-state index is 5.45. The van der Waals surface area contributed by atoms with Gasteiger partial charge in [-0.1, -0.05) is 13.8 Å². The van der Waals surface area contributed by atoms with Gasteiger partial charge < -0.3 is 10.1 Å². The molecule has 2 atom stereocenters. The minimum absolute atomic E-state index is 0.438. The van der Waals surface area contributed by atoms with E-state index in [0.29, 0.717) is 18.6 Å². The van der Waals surface area contributed by atoms with Gasteiger partial charge in [-0.25, -0.2) is 0 Å². The zero-order valence-corrected chi connectivity index (χ0v) is 10.7. The topological polar surface area (TPSA) is 34.2 Å². The Morgan fingerprint density at radius 1 is 1.31 bits per heavy atom. The van der Waals surface area contributed by atoms with Crippen LogP contribution in [0.5, 0.6) is 5.75 Å². The number of rotatable bonds is 6. The van der Waals surface area contributed by atoms with Crippen molar-refractivity contribution < 1.29 is 4.74 Å². The molecular weight excluding hydrogens is 200 g/mol. The van der Waals surface area contributed by atoms with Crippen LogP contribution in [-0.2, 0) is 0 Å². The summed E-state index contributed by atoms with van der Waals surface area (Å²) in [5.74, 6) is 1.29. The summed E-state index contributed by atoms with van der Waals surface area (Å²) in [5, 5.41) is 3.43. The van der Waals surface area contributed by atoms with E-state index < -0.39 is 0 Å². The minimum Gasteiger partial charge on any atom is -0.492 e. The predicted octanol–water partition coefficient (Wildman–Crippen LogP) is 2.58. The van der Waals surface area contributed by atoms with Gasteiger partial charge in [-0.3, -0.25) is 4.98 Å². The summed E-state index contributed by atoms with van der Waals surface area (Å²) in [6.07, 6.45) is 3.68. The first-order valence-corrected chi connectivity index (χ1v) is 6.00. The minimum atomic E-state index is 0.438. The predicted molar refractivity (Wildman–Crippen MR) is 67.0 cm³/mol. The molecule has 0 saturated carbocycles. The largest absolute Gasteiger partial charge is 0.492 e. The van der Waals surface area contributed by atoms with Crippen molar-refractivity contribution in [1.82, 2.24) is 10.3 Å². The van der Waals surface area contributed by atoms with Crippen LogP contribution in [-0.4, -0.2) is 24.2 Å². The number of likely N-dealkylation sites (N-methyl/N-ethyl adjacent to an activating group) is 1. The van der Waals surface area contributed by atoms with Gasteiger partial charge in [0.05, 0.1) is 12.8 Å². The van der Waals surface area contributed by atoms with Crippen LogP contribution in [0.4, 0.5) is 0 Å². The molecule has 0 aromatic carbocycles. The van der Waals surface area contributed by atoms with Crippen molar-refractivity contribution in [2.75, 3.05) is 13.2 Å². The lowest BCUT2D eigenvalue weighted by Gasteiger charge is -2.21. The summed E-state index contributed by atoms with van der Waals surface area (Å²) in [4.78, 5) is 4.21. The molecule has 1 aromatic rings. The number of nitrogens with zero attached hydrogens (tertiary/aromatic N) is 1. The third-order valence-electron chi connectivity index (χ3n) is 2.85. The maximum Gasteiger partial charge on any atom is 0.137 e. The maximum absolute atomic E-state index is 5.45. The lowest BCUT2D eigenvalue weighted by molar-refractivity contribution is 0.338. The van der Waals surface area contributed by atoms with E-state index in [-0.39, 0.29) is 0 Å². The van der Waals surface area contributed by atoms with Crippen molar-refractivity contribution in [2.24, 2.45) is 0 Å². The van der Waals surface area contributed by atoms with Crippen molar-refractivity contribution in [3.63, 3.8) is 0 Å². The standard InChI is InChI=1S/C13H22N2O/c1-5-15-11(4)10(3)12-7-13(16-6-2)9-14-8-12/h7-11,15H,5-6H2,1-4H3. The van der Waals surface area contributed by atoms with Gasteiger partial charge in [0, 0.05) is 12.2 Å². The second-order valence-electron chi connectivity index (χ2n) is 4.02. The smallest absolute Gasteiger partial charge is 0.137 e. The van der Waals surface area contributed by atoms with E-state index in [1.54, 1.807) is 6.20 Å². The highest BCUT2D eigenvalue weighted by Crippen LogP contribution is 2.22. The Morgan fingerprint density at radius 3 is 2.69 bits per heavy atom. The number of hydrogen-bond acceptors (Lipinski definition) is 3. The fourth-order valence-electron chi connectivity index (χ4n) is 1.72. The first-order chi connectivity index (χ1) is 7.69. The first kappa shape index (κ1) is 13.0. The fourth-order valence-corrected chi connectivity index (χ4v) is 1.72. The van der Waals surface area contributed by atoms with Gasteiger partial charge in [-0.15, -0.1) is 0 Å². The number of nitrogens with one attached hydrogen (secondary N) is 1. The molecule has 0 saturated heterocycles. The zero-order chi connectivity index (χ0) is 12.0. The van der Waals surface area contributed by atoms with Gasteiger partial charge in [0.25, 0.3) is 0 Å². The summed E-state index contributed by atoms with van der Waals surface area (Å²) >= 11 is 0. The molecule has 0 aliphatic rings. The summed E-state index contributed by atoms with van der Waals surface area (Å²) in [6.45, 7) is 10.2. The van der Waals surface area contributed by atoms with Gasteiger partial charge in [0.15, 0.2) is 0 Å². The molecule has 16 heavy (non-hydrogen) atoms. The van der Waals surface area contributed by atoms with Crippen molar-refractivity contribution in [2.45, 2.75) is 39.7 Å². The van der Waals surface area contributed by atoms with E-state index in [1.165, 1.54) is 5.56 Å². The molecule has 3 nitrogen and oxygen atoms in total. The molecule has 2 unspecified atom stereocenters. The average Bonchev–Trinajstić information content (AvgIpc) is 2.29. The molecule has 0 radical (unpaired) electrons. The lowest BCUT2D eigenvalue weighted by Crippen LogP contribution is -2.30. The monoisotopic (exact) mass is 222 g/mol. The second kappa shape index (κ2) is 6.48. The van der Waals surface area contributed by atoms with Gasteiger partial charge in [0.2, 0.25) is 0 Å².